The summed E-state index contributed by atoms with van der Waals surface area (Å²) in [6.07, 6.45) is 1.16. The third kappa shape index (κ3) is 4.11. The van der Waals surface area contributed by atoms with Crippen molar-refractivity contribution in [2.45, 2.75) is 19.3 Å². The fourth-order valence-corrected chi connectivity index (χ4v) is 1.26. The molecule has 0 unspecified atom stereocenters. The number of hydrogen-bond acceptors (Lipinski definition) is 3. The molecular formula is C12H14N2O2. The molecule has 1 aromatic carbocycles. The highest BCUT2D eigenvalue weighted by molar-refractivity contribution is 5.90. The Kier molecular flexibility index (Phi) is 5.03. The molecular weight excluding hydrogens is 204 g/mol. The average Bonchev–Trinajstić information content (AvgIpc) is 2.29. The lowest BCUT2D eigenvalue weighted by atomic mass is 10.1. The van der Waals surface area contributed by atoms with E-state index in [1.54, 1.807) is 12.1 Å². The van der Waals surface area contributed by atoms with E-state index >= 15 is 0 Å². The second-order valence-electron chi connectivity index (χ2n) is 3.41. The van der Waals surface area contributed by atoms with Gasteiger partial charge in [-0.15, -0.1) is 0 Å². The Bertz CT molecular complexity index is 379. The molecule has 1 rings (SSSR count). The number of benzene rings is 1. The van der Waals surface area contributed by atoms with Crippen molar-refractivity contribution in [3.05, 3.63) is 29.8 Å². The van der Waals surface area contributed by atoms with Gasteiger partial charge in [-0.3, -0.25) is 4.79 Å². The first-order valence-corrected chi connectivity index (χ1v) is 5.13. The Morgan fingerprint density at radius 1 is 1.38 bits per heavy atom. The van der Waals surface area contributed by atoms with E-state index in [-0.39, 0.29) is 12.5 Å². The SMILES string of the molecule is N#CCc1ccc(NC(=O)CCCO)cc1. The van der Waals surface area contributed by atoms with Crippen molar-refractivity contribution in [1.82, 2.24) is 0 Å². The van der Waals surface area contributed by atoms with Crippen LogP contribution in [-0.2, 0) is 11.2 Å². The Balaban J connectivity index is 2.49. The van der Waals surface area contributed by atoms with Gasteiger partial charge in [0.05, 0.1) is 12.5 Å². The van der Waals surface area contributed by atoms with Gasteiger partial charge >= 0.3 is 0 Å². The van der Waals surface area contributed by atoms with Gasteiger partial charge in [-0.05, 0) is 24.1 Å². The standard InChI is InChI=1S/C12H14N2O2/c13-8-7-10-3-5-11(6-4-10)14-12(16)2-1-9-15/h3-6,15H,1-2,7,9H2,(H,14,16). The molecule has 84 valence electrons. The number of nitriles is 1. The minimum atomic E-state index is -0.109. The van der Waals surface area contributed by atoms with Crippen molar-refractivity contribution in [3.8, 4) is 6.07 Å². The number of carbonyl (C=O) groups is 1. The van der Waals surface area contributed by atoms with Gasteiger partial charge in [0, 0.05) is 18.7 Å². The van der Waals surface area contributed by atoms with Crippen LogP contribution in [0.2, 0.25) is 0 Å². The number of aliphatic hydroxyl groups is 1. The number of amides is 1. The number of hydrogen-bond donors (Lipinski definition) is 2. The third-order valence-corrected chi connectivity index (χ3v) is 2.08. The molecule has 0 spiro atoms. The maximum absolute atomic E-state index is 11.3. The third-order valence-electron chi connectivity index (χ3n) is 2.08. The van der Waals surface area contributed by atoms with Crippen LogP contribution in [0.3, 0.4) is 0 Å². The van der Waals surface area contributed by atoms with Crippen molar-refractivity contribution in [2.75, 3.05) is 11.9 Å². The first-order valence-electron chi connectivity index (χ1n) is 5.13. The molecule has 0 aliphatic heterocycles. The molecule has 0 bridgehead atoms. The highest BCUT2D eigenvalue weighted by Crippen LogP contribution is 2.10. The molecule has 1 amide bonds. The van der Waals surface area contributed by atoms with Crippen molar-refractivity contribution < 1.29 is 9.90 Å². The van der Waals surface area contributed by atoms with Gasteiger partial charge in [0.1, 0.15) is 0 Å². The fourth-order valence-electron chi connectivity index (χ4n) is 1.26. The van der Waals surface area contributed by atoms with Crippen LogP contribution in [0.5, 0.6) is 0 Å². The van der Waals surface area contributed by atoms with Gasteiger partial charge in [-0.25, -0.2) is 0 Å². The molecule has 2 N–H and O–H groups in total. The second kappa shape index (κ2) is 6.59. The highest BCUT2D eigenvalue weighted by atomic mass is 16.3. The van der Waals surface area contributed by atoms with Gasteiger partial charge in [-0.2, -0.15) is 5.26 Å². The Morgan fingerprint density at radius 2 is 2.06 bits per heavy atom. The molecule has 0 aliphatic carbocycles. The van der Waals surface area contributed by atoms with E-state index in [9.17, 15) is 4.79 Å². The number of anilines is 1. The monoisotopic (exact) mass is 218 g/mol. The van der Waals surface area contributed by atoms with Crippen molar-refractivity contribution in [1.29, 1.82) is 5.26 Å². The van der Waals surface area contributed by atoms with E-state index < -0.39 is 0 Å². The zero-order valence-corrected chi connectivity index (χ0v) is 8.94. The average molecular weight is 218 g/mol. The van der Waals surface area contributed by atoms with Crippen LogP contribution in [0, 0.1) is 11.3 Å². The van der Waals surface area contributed by atoms with Gasteiger partial charge < -0.3 is 10.4 Å². The number of carbonyl (C=O) groups excluding carboxylic acids is 1. The summed E-state index contributed by atoms with van der Waals surface area (Å²) < 4.78 is 0. The molecule has 0 aliphatic rings. The van der Waals surface area contributed by atoms with Gasteiger partial charge in [-0.1, -0.05) is 12.1 Å². The van der Waals surface area contributed by atoms with Crippen molar-refractivity contribution in [3.63, 3.8) is 0 Å². The van der Waals surface area contributed by atoms with Crippen LogP contribution in [0.15, 0.2) is 24.3 Å². The minimum absolute atomic E-state index is 0.0223. The Morgan fingerprint density at radius 3 is 2.62 bits per heavy atom. The summed E-state index contributed by atoms with van der Waals surface area (Å²) in [5.41, 5.74) is 1.64. The predicted octanol–water partition coefficient (Wildman–Crippen LogP) is 1.46. The van der Waals surface area contributed by atoms with Gasteiger partial charge in [0.15, 0.2) is 0 Å². The maximum atomic E-state index is 11.3. The van der Waals surface area contributed by atoms with E-state index in [1.807, 2.05) is 12.1 Å². The summed E-state index contributed by atoms with van der Waals surface area (Å²) in [5.74, 6) is -0.109. The molecule has 0 aromatic heterocycles. The lowest BCUT2D eigenvalue weighted by Crippen LogP contribution is -2.11. The number of nitrogens with zero attached hydrogens (tertiary/aromatic N) is 1. The lowest BCUT2D eigenvalue weighted by Gasteiger charge is -2.04. The highest BCUT2D eigenvalue weighted by Gasteiger charge is 2.01. The zero-order chi connectivity index (χ0) is 11.8. The van der Waals surface area contributed by atoms with Crippen LogP contribution in [-0.4, -0.2) is 17.6 Å². The molecule has 0 fully saturated rings. The van der Waals surface area contributed by atoms with Gasteiger partial charge in [0.25, 0.3) is 0 Å². The molecule has 0 radical (unpaired) electrons. The molecule has 0 saturated heterocycles. The minimum Gasteiger partial charge on any atom is -0.396 e. The van der Waals surface area contributed by atoms with Gasteiger partial charge in [0.2, 0.25) is 5.91 Å². The Labute approximate surface area is 94.5 Å². The van der Waals surface area contributed by atoms with Crippen LogP contribution in [0.4, 0.5) is 5.69 Å². The van der Waals surface area contributed by atoms with E-state index in [4.69, 9.17) is 10.4 Å². The van der Waals surface area contributed by atoms with Crippen LogP contribution < -0.4 is 5.32 Å². The first-order chi connectivity index (χ1) is 7.76. The predicted molar refractivity (Wildman–Crippen MR) is 60.7 cm³/mol. The summed E-state index contributed by atoms with van der Waals surface area (Å²) in [7, 11) is 0. The first kappa shape index (κ1) is 12.2. The normalized spacial score (nSPS) is 9.50. The smallest absolute Gasteiger partial charge is 0.224 e. The largest absolute Gasteiger partial charge is 0.396 e. The Hall–Kier alpha value is -1.86. The summed E-state index contributed by atoms with van der Waals surface area (Å²) in [6, 6.07) is 9.21. The number of nitrogens with one attached hydrogen (secondary N) is 1. The topological polar surface area (TPSA) is 73.1 Å². The lowest BCUT2D eigenvalue weighted by molar-refractivity contribution is -0.116. The quantitative estimate of drug-likeness (QED) is 0.785. The van der Waals surface area contributed by atoms with E-state index in [0.29, 0.717) is 24.9 Å². The zero-order valence-electron chi connectivity index (χ0n) is 8.94. The molecule has 0 heterocycles. The van der Waals surface area contributed by atoms with E-state index in [2.05, 4.69) is 11.4 Å². The van der Waals surface area contributed by atoms with E-state index in [1.165, 1.54) is 0 Å². The molecule has 0 saturated carbocycles. The summed E-state index contributed by atoms with van der Waals surface area (Å²) in [5, 5.41) is 19.8. The molecule has 4 heteroatoms. The summed E-state index contributed by atoms with van der Waals surface area (Å²) in [6.45, 7) is 0.0223. The second-order valence-corrected chi connectivity index (χ2v) is 3.41. The molecule has 4 nitrogen and oxygen atoms in total. The number of rotatable bonds is 5. The van der Waals surface area contributed by atoms with Crippen molar-refractivity contribution >= 4 is 11.6 Å². The maximum Gasteiger partial charge on any atom is 0.224 e. The molecule has 0 atom stereocenters. The van der Waals surface area contributed by atoms with E-state index in [0.717, 1.165) is 5.56 Å². The van der Waals surface area contributed by atoms with Crippen LogP contribution in [0.25, 0.3) is 0 Å². The fraction of sp³-hybridized carbons (Fsp3) is 0.333. The summed E-state index contributed by atoms with van der Waals surface area (Å²) in [4.78, 5) is 11.3. The van der Waals surface area contributed by atoms with Crippen LogP contribution >= 0.6 is 0 Å². The number of aliphatic hydroxyl groups excluding tert-OH is 1. The van der Waals surface area contributed by atoms with Crippen LogP contribution in [0.1, 0.15) is 18.4 Å². The molecule has 1 aromatic rings. The van der Waals surface area contributed by atoms with Crippen molar-refractivity contribution in [2.24, 2.45) is 0 Å². The summed E-state index contributed by atoms with van der Waals surface area (Å²) >= 11 is 0. The molecule has 16 heavy (non-hydrogen) atoms.